The van der Waals surface area contributed by atoms with Gasteiger partial charge in [-0.15, -0.1) is 0 Å². The third kappa shape index (κ3) is 5.07. The van der Waals surface area contributed by atoms with Crippen LogP contribution in [0.5, 0.6) is 0 Å². The Morgan fingerprint density at radius 3 is 1.76 bits per heavy atom. The Morgan fingerprint density at radius 1 is 0.431 bits per heavy atom. The summed E-state index contributed by atoms with van der Waals surface area (Å²) in [5.41, 5.74) is 5.19. The molecule has 0 amide bonds. The van der Waals surface area contributed by atoms with Crippen molar-refractivity contribution in [2.24, 2.45) is 0 Å². The van der Waals surface area contributed by atoms with Gasteiger partial charge < -0.3 is 8.98 Å². The van der Waals surface area contributed by atoms with Gasteiger partial charge in [0.15, 0.2) is 17.5 Å². The van der Waals surface area contributed by atoms with Gasteiger partial charge in [-0.2, -0.15) is 0 Å². The average Bonchev–Trinajstić information content (AvgIpc) is 3.89. The van der Waals surface area contributed by atoms with Crippen LogP contribution in [0.25, 0.3) is 116 Å². The lowest BCUT2D eigenvalue weighted by Gasteiger charge is -2.16. The molecule has 0 atom stereocenters. The van der Waals surface area contributed by atoms with Crippen molar-refractivity contribution in [3.05, 3.63) is 194 Å². The standard InChI is InChI=1S/C53H32N4O/c1-3-15-33(16-4-1)51-54-52(34-17-5-2-6-18-34)56-53(55-51)42-28-27-40(38-21-9-10-22-39(38)42)45-31-37(32-49-50(45)43-24-12-14-26-48(43)58-49)57-46-25-13-11-23-41(46)44-29-35-19-7-8-20-36(35)30-47(44)57/h1-32H/i12D,14D,24D,26D,31D,32D. The third-order valence-corrected chi connectivity index (χ3v) is 11.0. The first-order valence-corrected chi connectivity index (χ1v) is 19.0. The van der Waals surface area contributed by atoms with Crippen LogP contribution in [-0.4, -0.2) is 19.5 Å². The Morgan fingerprint density at radius 2 is 1.02 bits per heavy atom. The molecule has 0 unspecified atom stereocenters. The highest BCUT2D eigenvalue weighted by atomic mass is 16.3. The highest BCUT2D eigenvalue weighted by molar-refractivity contribution is 6.18. The second-order valence-electron chi connectivity index (χ2n) is 14.3. The number of nitrogens with zero attached hydrogens (tertiary/aromatic N) is 4. The molecule has 0 spiro atoms. The van der Waals surface area contributed by atoms with E-state index >= 15 is 0 Å². The number of hydrogen-bond acceptors (Lipinski definition) is 4. The fourth-order valence-electron chi connectivity index (χ4n) is 8.32. The molecule has 0 aliphatic carbocycles. The molecule has 0 bridgehead atoms. The molecule has 12 rings (SSSR count). The summed E-state index contributed by atoms with van der Waals surface area (Å²) >= 11 is 0. The van der Waals surface area contributed by atoms with Crippen LogP contribution in [0.3, 0.4) is 0 Å². The topological polar surface area (TPSA) is 56.7 Å². The summed E-state index contributed by atoms with van der Waals surface area (Å²) in [6, 6.07) is 49.8. The lowest BCUT2D eigenvalue weighted by Crippen LogP contribution is -2.00. The SMILES string of the molecule is [2H]c1c([2H])c([2H])c2c(oc3c([2H])c(-n4c5ccccc5c5cc6ccccc6cc54)c([2H])c(-c4ccc(-c5nc(-c6ccccc6)nc(-c6ccccc6)n5)c5ccccc45)c32)c1[2H]. The molecule has 9 aromatic carbocycles. The minimum absolute atomic E-state index is 0.000727. The van der Waals surface area contributed by atoms with E-state index in [0.29, 0.717) is 28.6 Å². The Bertz CT molecular complexity index is 3870. The predicted octanol–water partition coefficient (Wildman–Crippen LogP) is 13.8. The Kier molecular flexibility index (Phi) is 5.94. The lowest BCUT2D eigenvalue weighted by molar-refractivity contribution is 0.668. The van der Waals surface area contributed by atoms with Gasteiger partial charge in [-0.05, 0) is 69.0 Å². The molecule has 5 heteroatoms. The molecular formula is C53H32N4O. The van der Waals surface area contributed by atoms with Gasteiger partial charge in [-0.25, -0.2) is 15.0 Å². The Balaban J connectivity index is 1.20. The zero-order valence-electron chi connectivity index (χ0n) is 36.7. The van der Waals surface area contributed by atoms with Crippen LogP contribution in [0.1, 0.15) is 8.22 Å². The van der Waals surface area contributed by atoms with E-state index in [2.05, 4.69) is 18.2 Å². The summed E-state index contributed by atoms with van der Waals surface area (Å²) in [7, 11) is 0. The minimum Gasteiger partial charge on any atom is -0.456 e. The van der Waals surface area contributed by atoms with E-state index in [4.69, 9.17) is 23.5 Å². The number of benzene rings is 9. The normalized spacial score (nSPS) is 13.2. The smallest absolute Gasteiger partial charge is 0.164 e. The number of rotatable bonds is 5. The largest absolute Gasteiger partial charge is 0.456 e. The zero-order valence-corrected chi connectivity index (χ0v) is 30.7. The Hall–Kier alpha value is -7.89. The van der Waals surface area contributed by atoms with E-state index in [1.807, 2.05) is 144 Å². The first-order chi connectivity index (χ1) is 31.3. The van der Waals surface area contributed by atoms with Crippen LogP contribution in [0.4, 0.5) is 0 Å². The van der Waals surface area contributed by atoms with Crippen LogP contribution in [0.2, 0.25) is 0 Å². The first-order valence-electron chi connectivity index (χ1n) is 22.0. The van der Waals surface area contributed by atoms with E-state index in [0.717, 1.165) is 60.0 Å². The Labute approximate surface area is 341 Å². The molecule has 12 aromatic rings. The number of hydrogen-bond donors (Lipinski definition) is 0. The monoisotopic (exact) mass is 746 g/mol. The van der Waals surface area contributed by atoms with Crippen molar-refractivity contribution in [1.29, 1.82) is 0 Å². The van der Waals surface area contributed by atoms with Crippen LogP contribution < -0.4 is 0 Å². The molecule has 0 saturated heterocycles. The molecule has 3 aromatic heterocycles. The van der Waals surface area contributed by atoms with Gasteiger partial charge in [0.1, 0.15) is 11.2 Å². The van der Waals surface area contributed by atoms with Gasteiger partial charge in [0.05, 0.1) is 24.9 Å². The van der Waals surface area contributed by atoms with Gasteiger partial charge in [0.2, 0.25) is 0 Å². The fraction of sp³-hybridized carbons (Fsp3) is 0. The van der Waals surface area contributed by atoms with E-state index in [-0.39, 0.29) is 51.8 Å². The molecule has 0 saturated carbocycles. The fourth-order valence-corrected chi connectivity index (χ4v) is 8.32. The molecule has 0 N–H and O–H groups in total. The second-order valence-corrected chi connectivity index (χ2v) is 14.3. The van der Waals surface area contributed by atoms with Gasteiger partial charge in [0, 0.05) is 44.3 Å². The summed E-state index contributed by atoms with van der Waals surface area (Å²) in [6.07, 6.45) is 0. The van der Waals surface area contributed by atoms with Gasteiger partial charge in [-0.3, -0.25) is 0 Å². The quantitative estimate of drug-likeness (QED) is 0.176. The van der Waals surface area contributed by atoms with Crippen LogP contribution in [0, 0.1) is 0 Å². The lowest BCUT2D eigenvalue weighted by atomic mass is 9.91. The molecule has 58 heavy (non-hydrogen) atoms. The molecule has 0 aliphatic rings. The van der Waals surface area contributed by atoms with E-state index < -0.39 is 12.1 Å². The summed E-state index contributed by atoms with van der Waals surface area (Å²) in [6.45, 7) is 0. The van der Waals surface area contributed by atoms with Crippen molar-refractivity contribution in [3.63, 3.8) is 0 Å². The molecule has 0 radical (unpaired) electrons. The summed E-state index contributed by atoms with van der Waals surface area (Å²) in [5, 5.41) is 5.86. The predicted molar refractivity (Wildman–Crippen MR) is 238 cm³/mol. The number of fused-ring (bicyclic) bond motifs is 8. The third-order valence-electron chi connectivity index (χ3n) is 11.0. The van der Waals surface area contributed by atoms with E-state index in [9.17, 15) is 4.11 Å². The van der Waals surface area contributed by atoms with Crippen molar-refractivity contribution in [2.75, 3.05) is 0 Å². The molecule has 0 aliphatic heterocycles. The number of para-hydroxylation sites is 2. The van der Waals surface area contributed by atoms with Gasteiger partial charge >= 0.3 is 0 Å². The second kappa shape index (κ2) is 12.8. The minimum atomic E-state index is -0.442. The first kappa shape index (κ1) is 26.8. The van der Waals surface area contributed by atoms with Crippen molar-refractivity contribution in [3.8, 4) is 51.0 Å². The molecule has 0 fully saturated rings. The highest BCUT2D eigenvalue weighted by Crippen LogP contribution is 2.44. The molecule has 5 nitrogen and oxygen atoms in total. The van der Waals surface area contributed by atoms with Crippen LogP contribution in [-0.2, 0) is 0 Å². The van der Waals surface area contributed by atoms with Gasteiger partial charge in [0.25, 0.3) is 0 Å². The maximum absolute atomic E-state index is 10.4. The summed E-state index contributed by atoms with van der Waals surface area (Å²) in [5.74, 6) is 1.48. The zero-order chi connectivity index (χ0) is 43.4. The number of aromatic nitrogens is 4. The maximum Gasteiger partial charge on any atom is 0.164 e. The van der Waals surface area contributed by atoms with E-state index in [1.165, 1.54) is 0 Å². The van der Waals surface area contributed by atoms with Crippen molar-refractivity contribution in [1.82, 2.24) is 19.5 Å². The molecular weight excluding hydrogens is 709 g/mol. The molecule has 270 valence electrons. The number of furan rings is 1. The van der Waals surface area contributed by atoms with E-state index in [1.54, 1.807) is 0 Å². The van der Waals surface area contributed by atoms with Gasteiger partial charge in [-0.1, -0.05) is 152 Å². The van der Waals surface area contributed by atoms with Crippen LogP contribution >= 0.6 is 0 Å². The van der Waals surface area contributed by atoms with Crippen molar-refractivity contribution in [2.45, 2.75) is 0 Å². The van der Waals surface area contributed by atoms with Crippen LogP contribution in [0.15, 0.2) is 198 Å². The summed E-state index contributed by atoms with van der Waals surface area (Å²) in [4.78, 5) is 15.0. The maximum atomic E-state index is 10.4. The summed E-state index contributed by atoms with van der Waals surface area (Å²) < 4.78 is 64.1. The van der Waals surface area contributed by atoms with Crippen molar-refractivity contribution < 1.29 is 12.6 Å². The average molecular weight is 747 g/mol. The highest BCUT2D eigenvalue weighted by Gasteiger charge is 2.22. The van der Waals surface area contributed by atoms with Crippen molar-refractivity contribution >= 4 is 65.3 Å². The molecule has 3 heterocycles.